The number of benzene rings is 7. The van der Waals surface area contributed by atoms with Crippen molar-refractivity contribution in [2.24, 2.45) is 0 Å². The van der Waals surface area contributed by atoms with Crippen LogP contribution in [0, 0.1) is 0 Å². The second-order valence-corrected chi connectivity index (χ2v) is 17.1. The first-order valence-corrected chi connectivity index (χ1v) is 20.4. The third kappa shape index (κ3) is 4.57. The van der Waals surface area contributed by atoms with Crippen LogP contribution in [-0.2, 0) is 5.41 Å². The molecule has 8 heteroatoms. The van der Waals surface area contributed by atoms with Gasteiger partial charge in [0, 0.05) is 33.7 Å². The van der Waals surface area contributed by atoms with E-state index in [0.29, 0.717) is 5.88 Å². The Kier molecular flexibility index (Phi) is 6.52. The van der Waals surface area contributed by atoms with E-state index in [1.54, 1.807) is 0 Å². The van der Waals surface area contributed by atoms with Gasteiger partial charge in [0.15, 0.2) is 0 Å². The smallest absolute Gasteiger partial charge is 0.262 e. The van der Waals surface area contributed by atoms with Gasteiger partial charge in [0.25, 0.3) is 13.4 Å². The van der Waals surface area contributed by atoms with Gasteiger partial charge in [0.2, 0.25) is 5.88 Å². The van der Waals surface area contributed by atoms with E-state index in [1.807, 2.05) is 6.07 Å². The Morgan fingerprint density at radius 3 is 1.69 bits per heavy atom. The number of anilines is 3. The number of para-hydroxylation sites is 5. The monoisotopic (exact) mass is 759 g/mol. The van der Waals surface area contributed by atoms with E-state index in [-0.39, 0.29) is 18.8 Å². The third-order valence-electron chi connectivity index (χ3n) is 12.7. The zero-order chi connectivity index (χ0) is 39.1. The van der Waals surface area contributed by atoms with Crippen molar-refractivity contribution in [1.82, 2.24) is 9.55 Å². The van der Waals surface area contributed by atoms with Gasteiger partial charge in [-0.25, -0.2) is 0 Å². The maximum absolute atomic E-state index is 7.02. The minimum atomic E-state index is -0.149. The van der Waals surface area contributed by atoms with E-state index >= 15 is 0 Å². The lowest BCUT2D eigenvalue weighted by atomic mass is 9.31. The third-order valence-corrected chi connectivity index (χ3v) is 12.7. The summed E-state index contributed by atoms with van der Waals surface area (Å²) >= 11 is 0. The van der Waals surface area contributed by atoms with Crippen LogP contribution in [0.2, 0.25) is 0 Å². The molecule has 4 aliphatic heterocycles. The highest BCUT2D eigenvalue weighted by Gasteiger charge is 2.47. The first-order valence-electron chi connectivity index (χ1n) is 20.4. The van der Waals surface area contributed by atoms with Crippen molar-refractivity contribution in [2.45, 2.75) is 26.2 Å². The fourth-order valence-corrected chi connectivity index (χ4v) is 10.0. The summed E-state index contributed by atoms with van der Waals surface area (Å²) in [6, 6.07) is 56.1. The molecule has 2 aromatic heterocycles. The Labute approximate surface area is 342 Å². The minimum absolute atomic E-state index is 0.121. The fourth-order valence-electron chi connectivity index (χ4n) is 10.0. The van der Waals surface area contributed by atoms with Crippen LogP contribution < -0.4 is 51.9 Å². The molecule has 13 rings (SSSR count). The number of hydrogen-bond donors (Lipinski definition) is 0. The first kappa shape index (κ1) is 32.9. The van der Waals surface area contributed by atoms with Gasteiger partial charge >= 0.3 is 0 Å². The first-order chi connectivity index (χ1) is 28.9. The fraction of sp³-hybridized carbons (Fsp3) is 0.0784. The molecule has 0 aliphatic carbocycles. The van der Waals surface area contributed by atoms with Gasteiger partial charge in [-0.15, -0.1) is 0 Å². The van der Waals surface area contributed by atoms with Gasteiger partial charge in [-0.3, -0.25) is 4.90 Å². The quantitative estimate of drug-likeness (QED) is 0.165. The molecule has 0 saturated carbocycles. The summed E-state index contributed by atoms with van der Waals surface area (Å²) in [5.41, 5.74) is 12.9. The molecule has 0 unspecified atom stereocenters. The molecule has 0 amide bonds. The van der Waals surface area contributed by atoms with E-state index in [2.05, 4.69) is 182 Å². The second-order valence-electron chi connectivity index (χ2n) is 17.1. The molecule has 9 aromatic rings. The standard InChI is InChI=1S/C51H35B2N3O3/c1-51(2,3)30-25-44-48-45(26-30)59-50-38(53(48)36-20-10-14-24-43(36)57-44)29-37-49(54-50)56(31-15-5-4-6-16-31)41-27-32(28-46-47(41)52(37)35-19-9-13-23-42(35)58-46)55-39-21-11-7-17-33(39)34-18-8-12-22-40(34)55/h4-29H,1-3H3. The van der Waals surface area contributed by atoms with Crippen molar-refractivity contribution in [3.05, 3.63) is 163 Å². The maximum atomic E-state index is 7.02. The normalized spacial score (nSPS) is 14.0. The van der Waals surface area contributed by atoms with Crippen LogP contribution in [-0.4, -0.2) is 23.0 Å². The number of pyridine rings is 1. The van der Waals surface area contributed by atoms with Gasteiger partial charge in [-0.05, 0) is 92.9 Å². The molecule has 0 spiro atoms. The Morgan fingerprint density at radius 2 is 1.03 bits per heavy atom. The van der Waals surface area contributed by atoms with Crippen LogP contribution in [0.15, 0.2) is 158 Å². The second kappa shape index (κ2) is 11.7. The zero-order valence-electron chi connectivity index (χ0n) is 32.7. The summed E-state index contributed by atoms with van der Waals surface area (Å²) in [7, 11) is 0. The van der Waals surface area contributed by atoms with Crippen molar-refractivity contribution < 1.29 is 14.2 Å². The maximum Gasteiger partial charge on any atom is 0.262 e. The Bertz CT molecular complexity index is 3230. The highest BCUT2D eigenvalue weighted by Crippen LogP contribution is 2.45. The van der Waals surface area contributed by atoms with E-state index < -0.39 is 0 Å². The number of rotatable bonds is 2. The van der Waals surface area contributed by atoms with Gasteiger partial charge in [0.05, 0.1) is 16.7 Å². The molecule has 278 valence electrons. The predicted octanol–water partition coefficient (Wildman–Crippen LogP) is 8.61. The summed E-state index contributed by atoms with van der Waals surface area (Å²) in [6.07, 6.45) is 0. The molecule has 4 aliphatic rings. The molecule has 0 bridgehead atoms. The predicted molar refractivity (Wildman–Crippen MR) is 241 cm³/mol. The molecule has 0 N–H and O–H groups in total. The lowest BCUT2D eigenvalue weighted by Gasteiger charge is -2.41. The Hall–Kier alpha value is -7.18. The van der Waals surface area contributed by atoms with Crippen molar-refractivity contribution in [1.29, 1.82) is 0 Å². The van der Waals surface area contributed by atoms with Crippen LogP contribution in [0.3, 0.4) is 0 Å². The number of nitrogens with zero attached hydrogens (tertiary/aromatic N) is 3. The van der Waals surface area contributed by atoms with Crippen LogP contribution in [0.25, 0.3) is 27.5 Å². The van der Waals surface area contributed by atoms with Crippen LogP contribution in [0.4, 0.5) is 17.2 Å². The Morgan fingerprint density at radius 1 is 0.475 bits per heavy atom. The molecule has 0 radical (unpaired) electrons. The van der Waals surface area contributed by atoms with Gasteiger partial charge in [-0.2, -0.15) is 4.98 Å². The average Bonchev–Trinajstić information content (AvgIpc) is 3.60. The summed E-state index contributed by atoms with van der Waals surface area (Å²) in [5.74, 6) is 5.63. The van der Waals surface area contributed by atoms with Crippen molar-refractivity contribution in [3.63, 3.8) is 0 Å². The SMILES string of the molecule is CC(C)(C)c1cc2c3c(c1)Oc1nc4c(cc1B3c1ccccc1O2)B1c2ccccc2Oc2cc(-n3c5ccccc5c5ccccc53)cc(c21)N4c1ccccc1. The average molecular weight is 759 g/mol. The number of aromatic nitrogens is 2. The largest absolute Gasteiger partial charge is 0.458 e. The minimum Gasteiger partial charge on any atom is -0.458 e. The molecular weight excluding hydrogens is 724 g/mol. The highest BCUT2D eigenvalue weighted by atomic mass is 16.5. The molecule has 7 aromatic carbocycles. The summed E-state index contributed by atoms with van der Waals surface area (Å²) in [4.78, 5) is 7.97. The van der Waals surface area contributed by atoms with E-state index in [1.165, 1.54) is 10.8 Å². The Balaban J connectivity index is 1.11. The molecule has 6 heterocycles. The molecular formula is C51H35B2N3O3. The lowest BCUT2D eigenvalue weighted by Crippen LogP contribution is -2.63. The van der Waals surface area contributed by atoms with E-state index in [0.717, 1.165) is 101 Å². The molecule has 59 heavy (non-hydrogen) atoms. The van der Waals surface area contributed by atoms with E-state index in [4.69, 9.17) is 19.2 Å². The molecule has 0 atom stereocenters. The molecule has 0 saturated heterocycles. The summed E-state index contributed by atoms with van der Waals surface area (Å²) in [6.45, 7) is 6.40. The summed E-state index contributed by atoms with van der Waals surface area (Å²) < 4.78 is 23.1. The van der Waals surface area contributed by atoms with Crippen molar-refractivity contribution >= 4 is 85.2 Å². The lowest BCUT2D eigenvalue weighted by molar-refractivity contribution is 0.448. The van der Waals surface area contributed by atoms with Gasteiger partial charge < -0.3 is 18.8 Å². The van der Waals surface area contributed by atoms with Gasteiger partial charge in [-0.1, -0.05) is 118 Å². The molecule has 6 nitrogen and oxygen atoms in total. The van der Waals surface area contributed by atoms with Crippen LogP contribution in [0.1, 0.15) is 26.3 Å². The summed E-state index contributed by atoms with van der Waals surface area (Å²) in [5, 5.41) is 2.42. The molecule has 0 fully saturated rings. The van der Waals surface area contributed by atoms with Crippen molar-refractivity contribution in [3.8, 4) is 40.3 Å². The van der Waals surface area contributed by atoms with Crippen molar-refractivity contribution in [2.75, 3.05) is 4.90 Å². The topological polar surface area (TPSA) is 48.8 Å². The highest BCUT2D eigenvalue weighted by molar-refractivity contribution is 7.01. The van der Waals surface area contributed by atoms with E-state index in [9.17, 15) is 0 Å². The number of ether oxygens (including phenoxy) is 3. The zero-order valence-corrected chi connectivity index (χ0v) is 32.7. The van der Waals surface area contributed by atoms with Crippen LogP contribution >= 0.6 is 0 Å². The number of hydrogen-bond acceptors (Lipinski definition) is 5. The van der Waals surface area contributed by atoms with Crippen LogP contribution in [0.5, 0.6) is 34.6 Å². The number of fused-ring (bicyclic) bond motifs is 11. The van der Waals surface area contributed by atoms with Gasteiger partial charge in [0.1, 0.15) is 34.6 Å².